The Balaban J connectivity index is 1.80. The Morgan fingerprint density at radius 2 is 2.44 bits per heavy atom. The molecule has 2 heterocycles. The van der Waals surface area contributed by atoms with Gasteiger partial charge in [0, 0.05) is 31.1 Å². The van der Waals surface area contributed by atoms with Crippen molar-refractivity contribution < 1.29 is 4.74 Å². The van der Waals surface area contributed by atoms with Gasteiger partial charge in [0.1, 0.15) is 0 Å². The molecule has 1 aliphatic heterocycles. The van der Waals surface area contributed by atoms with Crippen LogP contribution in [0.3, 0.4) is 0 Å². The molecule has 18 heavy (non-hydrogen) atoms. The van der Waals surface area contributed by atoms with E-state index in [2.05, 4.69) is 16.9 Å². The number of rotatable bonds is 3. The van der Waals surface area contributed by atoms with E-state index in [1.54, 1.807) is 11.3 Å². The first-order chi connectivity index (χ1) is 8.72. The van der Waals surface area contributed by atoms with Gasteiger partial charge in [0.15, 0.2) is 5.13 Å². The molecular weight excluding hydrogens is 268 g/mol. The molecule has 0 radical (unpaired) electrons. The topological polar surface area (TPSA) is 25.4 Å². The fourth-order valence-corrected chi connectivity index (χ4v) is 3.45. The van der Waals surface area contributed by atoms with Crippen LogP contribution in [-0.4, -0.2) is 31.8 Å². The highest BCUT2D eigenvalue weighted by Crippen LogP contribution is 2.30. The van der Waals surface area contributed by atoms with Crippen molar-refractivity contribution in [3.8, 4) is 0 Å². The van der Waals surface area contributed by atoms with Crippen LogP contribution in [-0.2, 0) is 4.74 Å². The summed E-state index contributed by atoms with van der Waals surface area (Å²) in [5.74, 6) is 0.630. The van der Waals surface area contributed by atoms with Gasteiger partial charge < -0.3 is 9.64 Å². The van der Waals surface area contributed by atoms with Crippen molar-refractivity contribution in [2.24, 2.45) is 5.92 Å². The third-order valence-corrected chi connectivity index (χ3v) is 4.59. The number of nitrogens with zero attached hydrogens (tertiary/aromatic N) is 2. The quantitative estimate of drug-likeness (QED) is 0.862. The maximum Gasteiger partial charge on any atom is 0.186 e. The van der Waals surface area contributed by atoms with Crippen LogP contribution >= 0.6 is 22.9 Å². The highest BCUT2D eigenvalue weighted by molar-refractivity contribution is 7.22. The number of ether oxygens (including phenoxy) is 1. The summed E-state index contributed by atoms with van der Waals surface area (Å²) in [5.41, 5.74) is 1.02. The molecule has 0 bridgehead atoms. The summed E-state index contributed by atoms with van der Waals surface area (Å²) in [7, 11) is 2.09. The molecule has 3 nitrogen and oxygen atoms in total. The average molecular weight is 283 g/mol. The maximum atomic E-state index is 5.99. The van der Waals surface area contributed by atoms with E-state index in [1.165, 1.54) is 0 Å². The van der Waals surface area contributed by atoms with Crippen molar-refractivity contribution in [2.45, 2.75) is 6.42 Å². The molecule has 2 aromatic rings. The zero-order valence-corrected chi connectivity index (χ0v) is 11.8. The molecule has 1 aromatic heterocycles. The minimum absolute atomic E-state index is 0.630. The zero-order chi connectivity index (χ0) is 12.5. The number of anilines is 1. The van der Waals surface area contributed by atoms with E-state index in [-0.39, 0.29) is 0 Å². The predicted octanol–water partition coefficient (Wildman–Crippen LogP) is 3.42. The smallest absolute Gasteiger partial charge is 0.186 e. The van der Waals surface area contributed by atoms with Gasteiger partial charge in [-0.1, -0.05) is 22.9 Å². The first-order valence-electron chi connectivity index (χ1n) is 6.07. The minimum atomic E-state index is 0.630. The van der Waals surface area contributed by atoms with Crippen molar-refractivity contribution in [1.82, 2.24) is 4.98 Å². The molecule has 1 saturated heterocycles. The summed E-state index contributed by atoms with van der Waals surface area (Å²) in [6.07, 6.45) is 1.15. The molecule has 3 rings (SSSR count). The second-order valence-electron chi connectivity index (χ2n) is 4.72. The molecule has 96 valence electrons. The van der Waals surface area contributed by atoms with Crippen molar-refractivity contribution >= 4 is 38.3 Å². The van der Waals surface area contributed by atoms with Gasteiger partial charge in [0.25, 0.3) is 0 Å². The molecule has 0 saturated carbocycles. The molecular formula is C13H15ClN2OS. The Bertz CT molecular complexity index is 551. The van der Waals surface area contributed by atoms with Crippen LogP contribution in [0.25, 0.3) is 10.2 Å². The number of hydrogen-bond donors (Lipinski definition) is 0. The van der Waals surface area contributed by atoms with Crippen molar-refractivity contribution in [2.75, 3.05) is 31.7 Å². The molecule has 0 aliphatic carbocycles. The summed E-state index contributed by atoms with van der Waals surface area (Å²) in [6.45, 7) is 2.78. The highest BCUT2D eigenvalue weighted by atomic mass is 35.5. The Labute approximate surface area is 115 Å². The Hall–Kier alpha value is -0.840. The van der Waals surface area contributed by atoms with Gasteiger partial charge in [-0.2, -0.15) is 0 Å². The molecule has 0 amide bonds. The fourth-order valence-electron chi connectivity index (χ4n) is 2.24. The van der Waals surface area contributed by atoms with Gasteiger partial charge in [-0.3, -0.25) is 0 Å². The molecule has 0 unspecified atom stereocenters. The Morgan fingerprint density at radius 3 is 3.22 bits per heavy atom. The average Bonchev–Trinajstić information content (AvgIpc) is 2.96. The van der Waals surface area contributed by atoms with E-state index in [0.717, 1.165) is 46.6 Å². The summed E-state index contributed by atoms with van der Waals surface area (Å²) >= 11 is 7.69. The molecule has 5 heteroatoms. The number of halogens is 1. The van der Waals surface area contributed by atoms with Crippen LogP contribution in [0, 0.1) is 5.92 Å². The van der Waals surface area contributed by atoms with Gasteiger partial charge in [-0.05, 0) is 24.6 Å². The van der Waals surface area contributed by atoms with Crippen LogP contribution in [0.1, 0.15) is 6.42 Å². The summed E-state index contributed by atoms with van der Waals surface area (Å²) in [4.78, 5) is 6.86. The number of aromatic nitrogens is 1. The Kier molecular flexibility index (Phi) is 3.41. The van der Waals surface area contributed by atoms with E-state index in [1.807, 2.05) is 18.2 Å². The number of benzene rings is 1. The van der Waals surface area contributed by atoms with Gasteiger partial charge in [-0.25, -0.2) is 4.98 Å². The normalized spacial score (nSPS) is 19.6. The standard InChI is InChI=1S/C13H15ClN2OS/c1-16(7-9-4-5-17-8-9)13-15-11-3-2-10(14)6-12(11)18-13/h2-3,6,9H,4-5,7-8H2,1H3/t9-/m0/s1. The van der Waals surface area contributed by atoms with Crippen molar-refractivity contribution in [1.29, 1.82) is 0 Å². The van der Waals surface area contributed by atoms with E-state index >= 15 is 0 Å². The number of thiazole rings is 1. The maximum absolute atomic E-state index is 5.99. The van der Waals surface area contributed by atoms with Gasteiger partial charge in [-0.15, -0.1) is 0 Å². The molecule has 0 N–H and O–H groups in total. The highest BCUT2D eigenvalue weighted by Gasteiger charge is 2.19. The van der Waals surface area contributed by atoms with Crippen LogP contribution in [0.5, 0.6) is 0 Å². The lowest BCUT2D eigenvalue weighted by Crippen LogP contribution is -2.25. The molecule has 0 spiro atoms. The first kappa shape index (κ1) is 12.2. The van der Waals surface area contributed by atoms with Crippen molar-refractivity contribution in [3.63, 3.8) is 0 Å². The molecule has 1 fully saturated rings. The third-order valence-electron chi connectivity index (χ3n) is 3.22. The zero-order valence-electron chi connectivity index (χ0n) is 10.2. The van der Waals surface area contributed by atoms with Crippen LogP contribution < -0.4 is 4.90 Å². The lowest BCUT2D eigenvalue weighted by Gasteiger charge is -2.18. The largest absolute Gasteiger partial charge is 0.381 e. The van der Waals surface area contributed by atoms with E-state index in [0.29, 0.717) is 5.92 Å². The molecule has 1 atom stereocenters. The fraction of sp³-hybridized carbons (Fsp3) is 0.462. The Morgan fingerprint density at radius 1 is 1.56 bits per heavy atom. The molecule has 1 aromatic carbocycles. The van der Waals surface area contributed by atoms with Crippen LogP contribution in [0.4, 0.5) is 5.13 Å². The van der Waals surface area contributed by atoms with Crippen LogP contribution in [0.15, 0.2) is 18.2 Å². The summed E-state index contributed by atoms with van der Waals surface area (Å²) in [6, 6.07) is 5.84. The van der Waals surface area contributed by atoms with Gasteiger partial charge >= 0.3 is 0 Å². The van der Waals surface area contributed by atoms with Gasteiger partial charge in [0.05, 0.1) is 16.8 Å². The third kappa shape index (κ3) is 2.46. The second-order valence-corrected chi connectivity index (χ2v) is 6.16. The van der Waals surface area contributed by atoms with E-state index < -0.39 is 0 Å². The summed E-state index contributed by atoms with van der Waals surface area (Å²) < 4.78 is 6.55. The van der Waals surface area contributed by atoms with E-state index in [4.69, 9.17) is 16.3 Å². The van der Waals surface area contributed by atoms with Crippen LogP contribution in [0.2, 0.25) is 5.02 Å². The minimum Gasteiger partial charge on any atom is -0.381 e. The first-order valence-corrected chi connectivity index (χ1v) is 7.27. The predicted molar refractivity (Wildman–Crippen MR) is 76.8 cm³/mol. The van der Waals surface area contributed by atoms with Gasteiger partial charge in [0.2, 0.25) is 0 Å². The lowest BCUT2D eigenvalue weighted by atomic mass is 10.1. The number of fused-ring (bicyclic) bond motifs is 1. The van der Waals surface area contributed by atoms with E-state index in [9.17, 15) is 0 Å². The number of hydrogen-bond acceptors (Lipinski definition) is 4. The second kappa shape index (κ2) is 5.03. The van der Waals surface area contributed by atoms with Crippen molar-refractivity contribution in [3.05, 3.63) is 23.2 Å². The SMILES string of the molecule is CN(C[C@@H]1CCOC1)c1nc2ccc(Cl)cc2s1. The molecule has 1 aliphatic rings. The monoisotopic (exact) mass is 282 g/mol. The lowest BCUT2D eigenvalue weighted by molar-refractivity contribution is 0.186. The summed E-state index contributed by atoms with van der Waals surface area (Å²) in [5, 5.41) is 1.82.